The lowest BCUT2D eigenvalue weighted by Gasteiger charge is -2.26. The molecule has 0 radical (unpaired) electrons. The smallest absolute Gasteiger partial charge is 0.236 e. The third-order valence-electron chi connectivity index (χ3n) is 5.94. The van der Waals surface area contributed by atoms with Crippen LogP contribution in [0.4, 0.5) is 0 Å². The summed E-state index contributed by atoms with van der Waals surface area (Å²) in [5.41, 5.74) is 1.09. The van der Waals surface area contributed by atoms with E-state index in [1.54, 1.807) is 14.2 Å². The SMILES string of the molecule is COc1ccc(CCN(Cc2ccc(C)o2)C(=O)CNCCN2CCCCC2)cc1OC. The molecule has 0 aliphatic carbocycles. The number of ether oxygens (including phenoxy) is 2. The van der Waals surface area contributed by atoms with Crippen molar-refractivity contribution >= 4 is 5.91 Å². The second-order valence-corrected chi connectivity index (χ2v) is 8.35. The number of carbonyl (C=O) groups excluding carboxylic acids is 1. The molecule has 3 rings (SSSR count). The van der Waals surface area contributed by atoms with Crippen molar-refractivity contribution < 1.29 is 18.7 Å². The fourth-order valence-corrected chi connectivity index (χ4v) is 4.08. The number of furan rings is 1. The predicted molar refractivity (Wildman–Crippen MR) is 125 cm³/mol. The molecule has 2 heterocycles. The maximum Gasteiger partial charge on any atom is 0.236 e. The third kappa shape index (κ3) is 7.28. The lowest BCUT2D eigenvalue weighted by Crippen LogP contribution is -2.42. The van der Waals surface area contributed by atoms with Gasteiger partial charge in [-0.25, -0.2) is 0 Å². The van der Waals surface area contributed by atoms with Gasteiger partial charge in [-0.1, -0.05) is 12.5 Å². The van der Waals surface area contributed by atoms with Crippen LogP contribution in [-0.2, 0) is 17.8 Å². The molecule has 0 bridgehead atoms. The average Bonchev–Trinajstić information content (AvgIpc) is 3.24. The highest BCUT2D eigenvalue weighted by atomic mass is 16.5. The molecule has 1 aliphatic rings. The van der Waals surface area contributed by atoms with Gasteiger partial charge in [0.25, 0.3) is 0 Å². The van der Waals surface area contributed by atoms with Crippen LogP contribution in [0, 0.1) is 6.92 Å². The first-order valence-corrected chi connectivity index (χ1v) is 11.6. The highest BCUT2D eigenvalue weighted by Gasteiger charge is 2.17. The molecule has 1 N–H and O–H groups in total. The van der Waals surface area contributed by atoms with Crippen molar-refractivity contribution in [3.63, 3.8) is 0 Å². The minimum Gasteiger partial charge on any atom is -0.493 e. The number of carbonyl (C=O) groups is 1. The van der Waals surface area contributed by atoms with E-state index >= 15 is 0 Å². The summed E-state index contributed by atoms with van der Waals surface area (Å²) in [6.07, 6.45) is 4.63. The Balaban J connectivity index is 1.55. The van der Waals surface area contributed by atoms with Crippen molar-refractivity contribution in [1.29, 1.82) is 0 Å². The van der Waals surface area contributed by atoms with Crippen molar-refractivity contribution in [1.82, 2.24) is 15.1 Å². The number of methoxy groups -OCH3 is 2. The summed E-state index contributed by atoms with van der Waals surface area (Å²) < 4.78 is 16.5. The molecule has 0 saturated carbocycles. The summed E-state index contributed by atoms with van der Waals surface area (Å²) >= 11 is 0. The maximum absolute atomic E-state index is 13.0. The summed E-state index contributed by atoms with van der Waals surface area (Å²) in [6.45, 7) is 7.48. The number of piperidine rings is 1. The molecule has 1 aromatic carbocycles. The van der Waals surface area contributed by atoms with Gasteiger partial charge in [0.15, 0.2) is 11.5 Å². The Morgan fingerprint density at radius 2 is 1.88 bits per heavy atom. The molecule has 32 heavy (non-hydrogen) atoms. The quantitative estimate of drug-likeness (QED) is 0.508. The van der Waals surface area contributed by atoms with Crippen LogP contribution in [-0.4, -0.2) is 69.2 Å². The monoisotopic (exact) mass is 443 g/mol. The molecular weight excluding hydrogens is 406 g/mol. The number of rotatable bonds is 12. The Morgan fingerprint density at radius 1 is 1.09 bits per heavy atom. The van der Waals surface area contributed by atoms with Crippen LogP contribution >= 0.6 is 0 Å². The van der Waals surface area contributed by atoms with Crippen LogP contribution in [0.1, 0.15) is 36.3 Å². The van der Waals surface area contributed by atoms with E-state index in [4.69, 9.17) is 13.9 Å². The number of hydrogen-bond donors (Lipinski definition) is 1. The zero-order valence-corrected chi connectivity index (χ0v) is 19.7. The molecule has 1 aliphatic heterocycles. The van der Waals surface area contributed by atoms with Gasteiger partial charge in [-0.15, -0.1) is 0 Å². The number of aryl methyl sites for hydroxylation is 1. The summed E-state index contributed by atoms with van der Waals surface area (Å²) in [4.78, 5) is 17.4. The van der Waals surface area contributed by atoms with Crippen molar-refractivity contribution in [3.05, 3.63) is 47.4 Å². The van der Waals surface area contributed by atoms with Crippen LogP contribution in [0.5, 0.6) is 11.5 Å². The second-order valence-electron chi connectivity index (χ2n) is 8.35. The van der Waals surface area contributed by atoms with E-state index in [1.165, 1.54) is 32.4 Å². The molecule has 7 nitrogen and oxygen atoms in total. The van der Waals surface area contributed by atoms with Crippen LogP contribution < -0.4 is 14.8 Å². The van der Waals surface area contributed by atoms with Crippen molar-refractivity contribution in [2.75, 3.05) is 53.5 Å². The summed E-state index contributed by atoms with van der Waals surface area (Å²) in [5, 5.41) is 3.34. The normalized spacial score (nSPS) is 14.3. The lowest BCUT2D eigenvalue weighted by molar-refractivity contribution is -0.131. The number of likely N-dealkylation sites (tertiary alicyclic amines) is 1. The van der Waals surface area contributed by atoms with Crippen LogP contribution in [0.3, 0.4) is 0 Å². The van der Waals surface area contributed by atoms with Crippen molar-refractivity contribution in [2.24, 2.45) is 0 Å². The van der Waals surface area contributed by atoms with E-state index in [0.29, 0.717) is 31.1 Å². The Kier molecular flexibility index (Phi) is 9.43. The summed E-state index contributed by atoms with van der Waals surface area (Å²) in [6, 6.07) is 9.75. The molecule has 1 aromatic heterocycles. The van der Waals surface area contributed by atoms with Gasteiger partial charge >= 0.3 is 0 Å². The van der Waals surface area contributed by atoms with Gasteiger partial charge < -0.3 is 29.0 Å². The number of hydrogen-bond acceptors (Lipinski definition) is 6. The standard InChI is InChI=1S/C25H37N3O4/c1-20-7-9-22(32-20)19-28(15-11-21-8-10-23(30-2)24(17-21)31-3)25(29)18-26-12-16-27-13-5-4-6-14-27/h7-10,17,26H,4-6,11-16,18-19H2,1-3H3. The van der Waals surface area contributed by atoms with Gasteiger partial charge in [0.2, 0.25) is 5.91 Å². The molecular formula is C25H37N3O4. The van der Waals surface area contributed by atoms with E-state index in [-0.39, 0.29) is 5.91 Å². The number of amides is 1. The first-order chi connectivity index (χ1) is 15.6. The highest BCUT2D eigenvalue weighted by Crippen LogP contribution is 2.27. The number of nitrogens with one attached hydrogen (secondary N) is 1. The maximum atomic E-state index is 13.0. The first-order valence-electron chi connectivity index (χ1n) is 11.6. The van der Waals surface area contributed by atoms with E-state index in [2.05, 4.69) is 10.2 Å². The topological polar surface area (TPSA) is 67.2 Å². The Hall–Kier alpha value is -2.51. The molecule has 1 amide bonds. The van der Waals surface area contributed by atoms with Gasteiger partial charge in [0.05, 0.1) is 27.3 Å². The van der Waals surface area contributed by atoms with Crippen LogP contribution in [0.2, 0.25) is 0 Å². The zero-order chi connectivity index (χ0) is 22.8. The van der Waals surface area contributed by atoms with Gasteiger partial charge in [-0.2, -0.15) is 0 Å². The minimum atomic E-state index is 0.0816. The molecule has 176 valence electrons. The summed E-state index contributed by atoms with van der Waals surface area (Å²) in [5.74, 6) is 3.14. The van der Waals surface area contributed by atoms with E-state index < -0.39 is 0 Å². The Labute approximate surface area is 191 Å². The fraction of sp³-hybridized carbons (Fsp3) is 0.560. The zero-order valence-electron chi connectivity index (χ0n) is 19.7. The fourth-order valence-electron chi connectivity index (χ4n) is 4.08. The van der Waals surface area contributed by atoms with Gasteiger partial charge in [-0.05, 0) is 69.1 Å². The van der Waals surface area contributed by atoms with E-state index in [0.717, 1.165) is 36.6 Å². The van der Waals surface area contributed by atoms with E-state index in [9.17, 15) is 4.79 Å². The van der Waals surface area contributed by atoms with Crippen molar-refractivity contribution in [2.45, 2.75) is 39.2 Å². The van der Waals surface area contributed by atoms with Gasteiger partial charge in [0, 0.05) is 19.6 Å². The first kappa shape index (κ1) is 24.1. The lowest BCUT2D eigenvalue weighted by atomic mass is 10.1. The molecule has 1 fully saturated rings. The third-order valence-corrected chi connectivity index (χ3v) is 5.94. The molecule has 7 heteroatoms. The highest BCUT2D eigenvalue weighted by molar-refractivity contribution is 5.78. The minimum absolute atomic E-state index is 0.0816. The number of nitrogens with zero attached hydrogens (tertiary/aromatic N) is 2. The summed E-state index contributed by atoms with van der Waals surface area (Å²) in [7, 11) is 3.26. The van der Waals surface area contributed by atoms with Crippen molar-refractivity contribution in [3.8, 4) is 11.5 Å². The van der Waals surface area contributed by atoms with Gasteiger partial charge in [0.1, 0.15) is 11.5 Å². The average molecular weight is 444 g/mol. The van der Waals surface area contributed by atoms with Crippen LogP contribution in [0.15, 0.2) is 34.7 Å². The van der Waals surface area contributed by atoms with Crippen LogP contribution in [0.25, 0.3) is 0 Å². The second kappa shape index (κ2) is 12.5. The largest absolute Gasteiger partial charge is 0.493 e. The molecule has 0 unspecified atom stereocenters. The molecule has 2 aromatic rings. The Bertz CT molecular complexity index is 845. The molecule has 0 atom stereocenters. The molecule has 0 spiro atoms. The number of benzene rings is 1. The van der Waals surface area contributed by atoms with E-state index in [1.807, 2.05) is 42.2 Å². The van der Waals surface area contributed by atoms with Gasteiger partial charge in [-0.3, -0.25) is 4.79 Å². The predicted octanol–water partition coefficient (Wildman–Crippen LogP) is 3.25. The molecule has 1 saturated heterocycles. The Morgan fingerprint density at radius 3 is 2.56 bits per heavy atom.